The van der Waals surface area contributed by atoms with Crippen LogP contribution in [0.5, 0.6) is 5.75 Å². The number of rotatable bonds is 11. The summed E-state index contributed by atoms with van der Waals surface area (Å²) in [7, 11) is 0. The third kappa shape index (κ3) is 7.46. The van der Waals surface area contributed by atoms with Crippen LogP contribution in [-0.2, 0) is 11.3 Å². The number of aliphatic hydroxyl groups excluding tert-OH is 1. The molecule has 0 radical (unpaired) electrons. The van der Waals surface area contributed by atoms with E-state index in [2.05, 4.69) is 32.2 Å². The number of hydrogen-bond donors (Lipinski definition) is 2. The van der Waals surface area contributed by atoms with Crippen LogP contribution < -0.4 is 10.1 Å². The zero-order valence-electron chi connectivity index (χ0n) is 13.5. The predicted octanol–water partition coefficient (Wildman–Crippen LogP) is 2.66. The van der Waals surface area contributed by atoms with Gasteiger partial charge < -0.3 is 19.9 Å². The Morgan fingerprint density at radius 1 is 1.24 bits per heavy atom. The van der Waals surface area contributed by atoms with Crippen molar-refractivity contribution in [2.24, 2.45) is 0 Å². The van der Waals surface area contributed by atoms with Gasteiger partial charge in [0, 0.05) is 18.7 Å². The molecule has 21 heavy (non-hydrogen) atoms. The summed E-state index contributed by atoms with van der Waals surface area (Å²) in [5, 5.41) is 13.2. The molecule has 2 N–H and O–H groups in total. The zero-order valence-corrected chi connectivity index (χ0v) is 13.5. The van der Waals surface area contributed by atoms with Crippen LogP contribution in [0.1, 0.15) is 37.8 Å². The van der Waals surface area contributed by atoms with E-state index in [1.165, 1.54) is 5.56 Å². The number of ether oxygens (including phenoxy) is 2. The Kier molecular flexibility index (Phi) is 9.06. The van der Waals surface area contributed by atoms with E-state index < -0.39 is 6.10 Å². The third-order valence-corrected chi connectivity index (χ3v) is 3.17. The monoisotopic (exact) mass is 295 g/mol. The smallest absolute Gasteiger partial charge is 0.123 e. The summed E-state index contributed by atoms with van der Waals surface area (Å²) in [4.78, 5) is 0. The van der Waals surface area contributed by atoms with Gasteiger partial charge in [-0.25, -0.2) is 0 Å². The second-order valence-electron chi connectivity index (χ2n) is 5.28. The number of benzene rings is 1. The molecule has 1 atom stereocenters. The largest absolute Gasteiger partial charge is 0.490 e. The van der Waals surface area contributed by atoms with Gasteiger partial charge in [-0.05, 0) is 26.0 Å². The number of nitrogens with one attached hydrogen (secondary N) is 1. The Balaban J connectivity index is 2.42. The van der Waals surface area contributed by atoms with E-state index in [0.29, 0.717) is 13.2 Å². The Morgan fingerprint density at radius 3 is 2.76 bits per heavy atom. The lowest BCUT2D eigenvalue weighted by Gasteiger charge is -2.16. The SMILES string of the molecule is CCCCOCC(O)COc1ccc(C)cc1CNCC. The van der Waals surface area contributed by atoms with Crippen LogP contribution in [0, 0.1) is 6.92 Å². The van der Waals surface area contributed by atoms with Crippen molar-refractivity contribution in [1.82, 2.24) is 5.32 Å². The number of aliphatic hydroxyl groups is 1. The number of hydrogen-bond acceptors (Lipinski definition) is 4. The van der Waals surface area contributed by atoms with Crippen LogP contribution in [0.2, 0.25) is 0 Å². The fraction of sp³-hybridized carbons (Fsp3) is 0.647. The third-order valence-electron chi connectivity index (χ3n) is 3.17. The van der Waals surface area contributed by atoms with Crippen LogP contribution in [0.25, 0.3) is 0 Å². The fourth-order valence-corrected chi connectivity index (χ4v) is 1.95. The van der Waals surface area contributed by atoms with Crippen LogP contribution in [0.15, 0.2) is 18.2 Å². The Bertz CT molecular complexity index is 396. The van der Waals surface area contributed by atoms with Crippen molar-refractivity contribution < 1.29 is 14.6 Å². The second kappa shape index (κ2) is 10.6. The summed E-state index contributed by atoms with van der Waals surface area (Å²) < 4.78 is 11.1. The molecule has 1 aromatic rings. The molecule has 120 valence electrons. The van der Waals surface area contributed by atoms with Crippen molar-refractivity contribution in [2.75, 3.05) is 26.4 Å². The minimum absolute atomic E-state index is 0.258. The molecule has 0 amide bonds. The van der Waals surface area contributed by atoms with Gasteiger partial charge >= 0.3 is 0 Å². The van der Waals surface area contributed by atoms with Gasteiger partial charge in [-0.15, -0.1) is 0 Å². The first-order chi connectivity index (χ1) is 10.2. The molecular formula is C17H29NO3. The van der Waals surface area contributed by atoms with Crippen molar-refractivity contribution in [3.8, 4) is 5.75 Å². The van der Waals surface area contributed by atoms with E-state index in [1.807, 2.05) is 12.1 Å². The number of aryl methyl sites for hydroxylation is 1. The Labute approximate surface area is 128 Å². The lowest BCUT2D eigenvalue weighted by Crippen LogP contribution is -2.24. The summed E-state index contributed by atoms with van der Waals surface area (Å²) in [6, 6.07) is 6.10. The van der Waals surface area contributed by atoms with Crippen molar-refractivity contribution in [3.63, 3.8) is 0 Å². The van der Waals surface area contributed by atoms with Gasteiger partial charge in [0.05, 0.1) is 6.61 Å². The lowest BCUT2D eigenvalue weighted by molar-refractivity contribution is 0.0111. The van der Waals surface area contributed by atoms with Crippen molar-refractivity contribution in [1.29, 1.82) is 0 Å². The van der Waals surface area contributed by atoms with Crippen molar-refractivity contribution in [2.45, 2.75) is 46.3 Å². The maximum Gasteiger partial charge on any atom is 0.123 e. The van der Waals surface area contributed by atoms with E-state index in [0.717, 1.165) is 37.2 Å². The molecule has 4 nitrogen and oxygen atoms in total. The minimum Gasteiger partial charge on any atom is -0.490 e. The first kappa shape index (κ1) is 18.0. The number of unbranched alkanes of at least 4 members (excludes halogenated alkanes) is 1. The molecule has 1 aromatic carbocycles. The Morgan fingerprint density at radius 2 is 2.05 bits per heavy atom. The molecule has 0 heterocycles. The van der Waals surface area contributed by atoms with E-state index in [4.69, 9.17) is 9.47 Å². The fourth-order valence-electron chi connectivity index (χ4n) is 1.95. The van der Waals surface area contributed by atoms with Crippen molar-refractivity contribution >= 4 is 0 Å². The van der Waals surface area contributed by atoms with Crippen LogP contribution in [0.3, 0.4) is 0 Å². The standard InChI is InChI=1S/C17H29NO3/c1-4-6-9-20-12-16(19)13-21-17-8-7-14(3)10-15(17)11-18-5-2/h7-8,10,16,18-19H,4-6,9,11-13H2,1-3H3. The van der Waals surface area contributed by atoms with Gasteiger partial charge in [-0.3, -0.25) is 0 Å². The molecule has 0 fully saturated rings. The maximum absolute atomic E-state index is 9.87. The zero-order chi connectivity index (χ0) is 15.5. The van der Waals surface area contributed by atoms with Gasteiger partial charge in [0.15, 0.2) is 0 Å². The van der Waals surface area contributed by atoms with Crippen LogP contribution in [0.4, 0.5) is 0 Å². The molecule has 0 aliphatic rings. The molecule has 0 aromatic heterocycles. The lowest BCUT2D eigenvalue weighted by atomic mass is 10.1. The van der Waals surface area contributed by atoms with E-state index >= 15 is 0 Å². The molecule has 0 saturated carbocycles. The molecule has 4 heteroatoms. The molecule has 1 rings (SSSR count). The summed E-state index contributed by atoms with van der Waals surface area (Å²) >= 11 is 0. The summed E-state index contributed by atoms with van der Waals surface area (Å²) in [6.45, 7) is 9.24. The highest BCUT2D eigenvalue weighted by molar-refractivity contribution is 5.36. The highest BCUT2D eigenvalue weighted by Crippen LogP contribution is 2.20. The first-order valence-electron chi connectivity index (χ1n) is 7.86. The minimum atomic E-state index is -0.588. The van der Waals surface area contributed by atoms with Crippen LogP contribution in [-0.4, -0.2) is 37.6 Å². The van der Waals surface area contributed by atoms with Gasteiger partial charge in [-0.2, -0.15) is 0 Å². The van der Waals surface area contributed by atoms with Gasteiger partial charge in [0.25, 0.3) is 0 Å². The molecule has 1 unspecified atom stereocenters. The summed E-state index contributed by atoms with van der Waals surface area (Å²) in [5.74, 6) is 0.828. The molecule has 0 aliphatic carbocycles. The average molecular weight is 295 g/mol. The average Bonchev–Trinajstić information content (AvgIpc) is 2.48. The summed E-state index contributed by atoms with van der Waals surface area (Å²) in [5.41, 5.74) is 2.33. The highest BCUT2D eigenvalue weighted by atomic mass is 16.5. The molecule has 0 aliphatic heterocycles. The highest BCUT2D eigenvalue weighted by Gasteiger charge is 2.08. The molecule has 0 saturated heterocycles. The molecule has 0 spiro atoms. The van der Waals surface area contributed by atoms with Crippen LogP contribution >= 0.6 is 0 Å². The summed E-state index contributed by atoms with van der Waals surface area (Å²) in [6.07, 6.45) is 1.54. The van der Waals surface area contributed by atoms with E-state index in [1.54, 1.807) is 0 Å². The quantitative estimate of drug-likeness (QED) is 0.616. The molecule has 0 bridgehead atoms. The molecular weight excluding hydrogens is 266 g/mol. The van der Waals surface area contributed by atoms with Gasteiger partial charge in [0.1, 0.15) is 18.5 Å². The maximum atomic E-state index is 9.87. The van der Waals surface area contributed by atoms with Gasteiger partial charge in [0.2, 0.25) is 0 Å². The first-order valence-corrected chi connectivity index (χ1v) is 7.86. The van der Waals surface area contributed by atoms with E-state index in [9.17, 15) is 5.11 Å². The normalized spacial score (nSPS) is 12.4. The van der Waals surface area contributed by atoms with Gasteiger partial charge in [-0.1, -0.05) is 38.0 Å². The van der Waals surface area contributed by atoms with Crippen molar-refractivity contribution in [3.05, 3.63) is 29.3 Å². The second-order valence-corrected chi connectivity index (χ2v) is 5.28. The predicted molar refractivity (Wildman–Crippen MR) is 85.8 cm³/mol. The topological polar surface area (TPSA) is 50.7 Å². The Hall–Kier alpha value is -1.10. The van der Waals surface area contributed by atoms with E-state index in [-0.39, 0.29) is 6.61 Å².